The van der Waals surface area contributed by atoms with E-state index in [2.05, 4.69) is 68.2 Å². The van der Waals surface area contributed by atoms with E-state index in [-0.39, 0.29) is 0 Å². The summed E-state index contributed by atoms with van der Waals surface area (Å²) in [5.74, 6) is 1.86. The molecule has 1 aromatic carbocycles. The molecule has 2 atom stereocenters. The van der Waals surface area contributed by atoms with Crippen molar-refractivity contribution in [3.8, 4) is 0 Å². The van der Waals surface area contributed by atoms with Crippen molar-refractivity contribution in [2.75, 3.05) is 5.75 Å². The van der Waals surface area contributed by atoms with E-state index >= 15 is 0 Å². The van der Waals surface area contributed by atoms with Gasteiger partial charge in [-0.2, -0.15) is 0 Å². The largest absolute Gasteiger partial charge is 0.299 e. The molecule has 0 radical (unpaired) electrons. The van der Waals surface area contributed by atoms with Crippen LogP contribution in [0, 0.1) is 0 Å². The van der Waals surface area contributed by atoms with Crippen LogP contribution in [0.2, 0.25) is 0 Å². The average Bonchev–Trinajstić information content (AvgIpc) is 2.59. The lowest BCUT2D eigenvalue weighted by Gasteiger charge is -2.21. The van der Waals surface area contributed by atoms with Crippen LogP contribution in [-0.2, 0) is 0 Å². The Morgan fingerprint density at radius 2 is 2.06 bits per heavy atom. The van der Waals surface area contributed by atoms with E-state index < -0.39 is 0 Å². The zero-order chi connectivity index (χ0) is 11.6. The lowest BCUT2D eigenvalue weighted by Crippen LogP contribution is -2.39. The Kier molecular flexibility index (Phi) is 3.60. The van der Waals surface area contributed by atoms with Crippen molar-refractivity contribution in [3.63, 3.8) is 0 Å². The van der Waals surface area contributed by atoms with Gasteiger partial charge in [0.1, 0.15) is 0 Å². The highest BCUT2D eigenvalue weighted by atomic mass is 32.2. The van der Waals surface area contributed by atoms with Crippen LogP contribution in [-0.4, -0.2) is 16.7 Å². The van der Waals surface area contributed by atoms with Gasteiger partial charge in [-0.1, -0.05) is 37.3 Å². The van der Waals surface area contributed by atoms with E-state index in [1.165, 1.54) is 17.7 Å². The molecule has 0 aliphatic carbocycles. The Bertz CT molecular complexity index is 334. The molecule has 88 valence electrons. The third-order valence-corrected chi connectivity index (χ3v) is 4.73. The van der Waals surface area contributed by atoms with Crippen LogP contribution in [0.3, 0.4) is 0 Å². The van der Waals surface area contributed by atoms with Crippen LogP contribution in [0.5, 0.6) is 0 Å². The van der Waals surface area contributed by atoms with Crippen molar-refractivity contribution >= 4 is 11.8 Å². The fourth-order valence-corrected chi connectivity index (χ4v) is 3.72. The maximum Gasteiger partial charge on any atom is 0.0542 e. The molecule has 1 nitrogen and oxygen atoms in total. The molecule has 0 saturated carbocycles. The molecule has 0 aromatic heterocycles. The van der Waals surface area contributed by atoms with E-state index in [0.717, 1.165) is 0 Å². The van der Waals surface area contributed by atoms with E-state index in [9.17, 15) is 0 Å². The van der Waals surface area contributed by atoms with Gasteiger partial charge in [0, 0.05) is 11.3 Å². The first kappa shape index (κ1) is 12.0. The minimum absolute atomic E-state index is 0.311. The van der Waals surface area contributed by atoms with Gasteiger partial charge in [-0.15, -0.1) is 11.8 Å². The van der Waals surface area contributed by atoms with Crippen molar-refractivity contribution in [3.05, 3.63) is 35.9 Å². The number of benzene rings is 1. The highest BCUT2D eigenvalue weighted by Gasteiger charge is 2.31. The lowest BCUT2D eigenvalue weighted by atomic mass is 9.97. The second-order valence-electron chi connectivity index (χ2n) is 5.38. The minimum Gasteiger partial charge on any atom is -0.299 e. The summed E-state index contributed by atoms with van der Waals surface area (Å²) < 4.78 is 0. The molecule has 1 heterocycles. The van der Waals surface area contributed by atoms with Crippen LogP contribution in [0.25, 0.3) is 0 Å². The second-order valence-corrected chi connectivity index (χ2v) is 6.57. The molecule has 1 fully saturated rings. The average molecular weight is 235 g/mol. The van der Waals surface area contributed by atoms with Gasteiger partial charge in [-0.05, 0) is 31.7 Å². The number of hydrogen-bond donors (Lipinski definition) is 1. The van der Waals surface area contributed by atoms with Gasteiger partial charge in [-0.25, -0.2) is 0 Å². The Morgan fingerprint density at radius 3 is 2.62 bits per heavy atom. The third-order valence-electron chi connectivity index (χ3n) is 3.13. The fourth-order valence-electron chi connectivity index (χ4n) is 2.19. The molecule has 0 spiro atoms. The Labute approximate surface area is 103 Å². The van der Waals surface area contributed by atoms with Crippen LogP contribution in [0.15, 0.2) is 30.3 Å². The smallest absolute Gasteiger partial charge is 0.0542 e. The van der Waals surface area contributed by atoms with Gasteiger partial charge >= 0.3 is 0 Å². The molecule has 1 aromatic rings. The van der Waals surface area contributed by atoms with E-state index in [0.29, 0.717) is 16.8 Å². The van der Waals surface area contributed by atoms with Crippen LogP contribution in [0.4, 0.5) is 0 Å². The number of rotatable bonds is 3. The van der Waals surface area contributed by atoms with Gasteiger partial charge in [0.05, 0.1) is 5.37 Å². The molecule has 0 bridgehead atoms. The first-order valence-corrected chi connectivity index (χ1v) is 7.06. The fraction of sp³-hybridized carbons (Fsp3) is 0.571. The molecule has 1 aliphatic rings. The summed E-state index contributed by atoms with van der Waals surface area (Å²) >= 11 is 2.06. The lowest BCUT2D eigenvalue weighted by molar-refractivity contribution is 0.426. The summed E-state index contributed by atoms with van der Waals surface area (Å²) in [4.78, 5) is 0. The van der Waals surface area contributed by atoms with Crippen molar-refractivity contribution in [1.29, 1.82) is 0 Å². The summed E-state index contributed by atoms with van der Waals surface area (Å²) in [7, 11) is 0. The van der Waals surface area contributed by atoms with E-state index in [4.69, 9.17) is 0 Å². The highest BCUT2D eigenvalue weighted by molar-refractivity contribution is 8.00. The van der Waals surface area contributed by atoms with Crippen LogP contribution < -0.4 is 5.32 Å². The predicted octanol–water partition coefficient (Wildman–Crippen LogP) is 3.62. The number of thioether (sulfide) groups is 1. The third kappa shape index (κ3) is 3.02. The molecule has 1 saturated heterocycles. The van der Waals surface area contributed by atoms with Crippen molar-refractivity contribution in [1.82, 2.24) is 5.32 Å². The monoisotopic (exact) mass is 235 g/mol. The first-order chi connectivity index (χ1) is 7.57. The Morgan fingerprint density at radius 1 is 1.38 bits per heavy atom. The van der Waals surface area contributed by atoms with Gasteiger partial charge < -0.3 is 0 Å². The van der Waals surface area contributed by atoms with Gasteiger partial charge in [-0.3, -0.25) is 5.32 Å². The molecule has 1 aliphatic heterocycles. The van der Waals surface area contributed by atoms with Crippen LogP contribution in [0.1, 0.15) is 38.7 Å². The normalized spacial score (nSPS) is 25.6. The molecular weight excluding hydrogens is 214 g/mol. The topological polar surface area (TPSA) is 12.0 Å². The summed E-state index contributed by atoms with van der Waals surface area (Å²) in [5.41, 5.74) is 1.76. The summed E-state index contributed by atoms with van der Waals surface area (Å²) in [6, 6.07) is 10.8. The van der Waals surface area contributed by atoms with Crippen molar-refractivity contribution < 1.29 is 0 Å². The summed E-state index contributed by atoms with van der Waals surface area (Å²) in [6.07, 6.45) is 1.22. The molecule has 2 unspecified atom stereocenters. The van der Waals surface area contributed by atoms with Crippen LogP contribution >= 0.6 is 11.8 Å². The number of nitrogens with one attached hydrogen (secondary N) is 1. The van der Waals surface area contributed by atoms with Gasteiger partial charge in [0.25, 0.3) is 0 Å². The van der Waals surface area contributed by atoms with E-state index in [1.54, 1.807) is 0 Å². The zero-order valence-electron chi connectivity index (χ0n) is 10.4. The second kappa shape index (κ2) is 4.80. The molecule has 1 N–H and O–H groups in total. The highest BCUT2D eigenvalue weighted by Crippen LogP contribution is 2.32. The summed E-state index contributed by atoms with van der Waals surface area (Å²) in [6.45, 7) is 6.89. The Balaban J connectivity index is 1.91. The van der Waals surface area contributed by atoms with Gasteiger partial charge in [0.2, 0.25) is 0 Å². The quantitative estimate of drug-likeness (QED) is 0.858. The van der Waals surface area contributed by atoms with Crippen molar-refractivity contribution in [2.24, 2.45) is 0 Å². The standard InChI is InChI=1S/C14H21NS/c1-11(12-7-5-4-6-8-12)9-13-15-14(2,3)10-16-13/h4-8,11,13,15H,9-10H2,1-3H3. The molecule has 2 rings (SSSR count). The van der Waals surface area contributed by atoms with Gasteiger partial charge in [0.15, 0.2) is 0 Å². The molecule has 2 heteroatoms. The van der Waals surface area contributed by atoms with E-state index in [1.807, 2.05) is 0 Å². The first-order valence-electron chi connectivity index (χ1n) is 6.01. The molecule has 0 amide bonds. The maximum atomic E-state index is 3.69. The molecular formula is C14H21NS. The zero-order valence-corrected chi connectivity index (χ0v) is 11.2. The number of hydrogen-bond acceptors (Lipinski definition) is 2. The minimum atomic E-state index is 0.311. The SMILES string of the molecule is CC(CC1NC(C)(C)CS1)c1ccccc1. The molecule has 16 heavy (non-hydrogen) atoms. The van der Waals surface area contributed by atoms with Crippen molar-refractivity contribution in [2.45, 2.75) is 44.0 Å². The summed E-state index contributed by atoms with van der Waals surface area (Å²) in [5, 5.41) is 4.31. The maximum absolute atomic E-state index is 3.69. The predicted molar refractivity (Wildman–Crippen MR) is 72.9 cm³/mol. The Hall–Kier alpha value is -0.470.